The lowest BCUT2D eigenvalue weighted by Crippen LogP contribution is -2.48. The number of halogens is 1. The van der Waals surface area contributed by atoms with E-state index in [1.54, 1.807) is 24.3 Å². The highest BCUT2D eigenvalue weighted by atomic mass is 32.1. The fourth-order valence-corrected chi connectivity index (χ4v) is 2.39. The molecule has 0 aliphatic heterocycles. The van der Waals surface area contributed by atoms with Crippen molar-refractivity contribution in [2.45, 2.75) is 26.2 Å². The maximum Gasteiger partial charge on any atom is 0.269 e. The monoisotopic (exact) mass is 399 g/mol. The number of hydrazine groups is 1. The van der Waals surface area contributed by atoms with Gasteiger partial charge in [-0.15, -0.1) is 0 Å². The van der Waals surface area contributed by atoms with E-state index in [2.05, 4.69) is 36.9 Å². The molecule has 7 heteroatoms. The number of amides is 2. The highest BCUT2D eigenvalue weighted by molar-refractivity contribution is 7.80. The van der Waals surface area contributed by atoms with E-state index in [-0.39, 0.29) is 22.3 Å². The van der Waals surface area contributed by atoms with Gasteiger partial charge in [0.2, 0.25) is 5.91 Å². The smallest absolute Gasteiger partial charge is 0.269 e. The molecule has 146 valence electrons. The molecule has 0 saturated carbocycles. The summed E-state index contributed by atoms with van der Waals surface area (Å²) in [6.07, 6.45) is 2.78. The minimum absolute atomic E-state index is 0.000530. The number of benzene rings is 2. The molecule has 0 unspecified atom stereocenters. The van der Waals surface area contributed by atoms with E-state index < -0.39 is 5.91 Å². The Morgan fingerprint density at radius 2 is 1.57 bits per heavy atom. The topological polar surface area (TPSA) is 70.2 Å². The van der Waals surface area contributed by atoms with Gasteiger partial charge in [0.25, 0.3) is 5.91 Å². The number of carbonyl (C=O) groups excluding carboxylic acids is 2. The van der Waals surface area contributed by atoms with Gasteiger partial charge in [-0.1, -0.05) is 45.0 Å². The summed E-state index contributed by atoms with van der Waals surface area (Å²) < 4.78 is 12.8. The Kier molecular flexibility index (Phi) is 7.00. The van der Waals surface area contributed by atoms with E-state index in [1.807, 2.05) is 12.1 Å². The van der Waals surface area contributed by atoms with Crippen LogP contribution in [0.25, 0.3) is 6.08 Å². The Hall–Kier alpha value is -3.06. The Labute approximate surface area is 169 Å². The van der Waals surface area contributed by atoms with Crippen LogP contribution in [0.1, 0.15) is 42.3 Å². The van der Waals surface area contributed by atoms with Gasteiger partial charge in [0.1, 0.15) is 5.82 Å². The van der Waals surface area contributed by atoms with Crippen molar-refractivity contribution in [3.63, 3.8) is 0 Å². The molecule has 0 saturated heterocycles. The lowest BCUT2D eigenvalue weighted by atomic mass is 9.87. The molecule has 2 amide bonds. The van der Waals surface area contributed by atoms with Gasteiger partial charge in [-0.2, -0.15) is 0 Å². The second kappa shape index (κ2) is 9.23. The van der Waals surface area contributed by atoms with Gasteiger partial charge in [-0.25, -0.2) is 4.39 Å². The van der Waals surface area contributed by atoms with E-state index in [0.717, 1.165) is 5.56 Å². The van der Waals surface area contributed by atoms with Crippen molar-refractivity contribution < 1.29 is 14.0 Å². The van der Waals surface area contributed by atoms with E-state index in [1.165, 1.54) is 24.3 Å². The van der Waals surface area contributed by atoms with Crippen molar-refractivity contribution in [2.75, 3.05) is 0 Å². The average molecular weight is 399 g/mol. The van der Waals surface area contributed by atoms with Crippen LogP contribution in [0.3, 0.4) is 0 Å². The van der Waals surface area contributed by atoms with Gasteiger partial charge in [0, 0.05) is 11.6 Å². The SMILES string of the molecule is CC(C)(C)c1ccc(C(=O)NNC(=S)NC(=O)/C=C/c2ccc(F)cc2)cc1. The van der Waals surface area contributed by atoms with Crippen LogP contribution < -0.4 is 16.2 Å². The molecule has 0 spiro atoms. The number of carbonyl (C=O) groups is 2. The van der Waals surface area contributed by atoms with Crippen LogP contribution in [0.2, 0.25) is 0 Å². The molecular formula is C21H22FN3O2S. The highest BCUT2D eigenvalue weighted by Gasteiger charge is 2.14. The van der Waals surface area contributed by atoms with Gasteiger partial charge >= 0.3 is 0 Å². The summed E-state index contributed by atoms with van der Waals surface area (Å²) in [7, 11) is 0. The van der Waals surface area contributed by atoms with Crippen molar-refractivity contribution in [3.05, 3.63) is 77.1 Å². The number of hydrogen-bond donors (Lipinski definition) is 3. The number of hydrogen-bond acceptors (Lipinski definition) is 3. The number of rotatable bonds is 3. The fourth-order valence-electron chi connectivity index (χ4n) is 2.24. The standard InChI is InChI=1S/C21H22FN3O2S/c1-21(2,3)16-9-7-15(8-10-16)19(27)24-25-20(28)23-18(26)13-6-14-4-11-17(22)12-5-14/h4-13H,1-3H3,(H,24,27)(H2,23,25,26,28)/b13-6+. The molecule has 0 radical (unpaired) electrons. The third-order valence-electron chi connectivity index (χ3n) is 3.84. The third-order valence-corrected chi connectivity index (χ3v) is 4.04. The Bertz CT molecular complexity index is 885. The normalized spacial score (nSPS) is 11.1. The Balaban J connectivity index is 1.82. The molecule has 2 rings (SSSR count). The minimum Gasteiger partial charge on any atom is -0.298 e. The Morgan fingerprint density at radius 3 is 2.14 bits per heavy atom. The van der Waals surface area contributed by atoms with Crippen LogP contribution >= 0.6 is 12.2 Å². The van der Waals surface area contributed by atoms with Crippen molar-refractivity contribution in [2.24, 2.45) is 0 Å². The molecule has 0 aromatic heterocycles. The summed E-state index contributed by atoms with van der Waals surface area (Å²) in [6, 6.07) is 12.9. The van der Waals surface area contributed by atoms with Gasteiger partial charge < -0.3 is 0 Å². The van der Waals surface area contributed by atoms with Crippen LogP contribution in [0.5, 0.6) is 0 Å². The highest BCUT2D eigenvalue weighted by Crippen LogP contribution is 2.22. The van der Waals surface area contributed by atoms with Gasteiger partial charge in [-0.05, 0) is 59.1 Å². The number of thiocarbonyl (C=S) groups is 1. The zero-order valence-corrected chi connectivity index (χ0v) is 16.7. The predicted molar refractivity (Wildman–Crippen MR) is 112 cm³/mol. The lowest BCUT2D eigenvalue weighted by Gasteiger charge is -2.19. The molecule has 0 heterocycles. The molecule has 0 fully saturated rings. The van der Waals surface area contributed by atoms with Crippen LogP contribution in [0.4, 0.5) is 4.39 Å². The second-order valence-electron chi connectivity index (χ2n) is 7.11. The number of nitrogens with one attached hydrogen (secondary N) is 3. The molecular weight excluding hydrogens is 377 g/mol. The molecule has 2 aromatic carbocycles. The molecule has 0 bridgehead atoms. The summed E-state index contributed by atoms with van der Waals surface area (Å²) in [6.45, 7) is 6.28. The molecule has 0 aliphatic carbocycles. The molecule has 0 atom stereocenters. The van der Waals surface area contributed by atoms with Crippen molar-refractivity contribution in [3.8, 4) is 0 Å². The predicted octanol–water partition coefficient (Wildman–Crippen LogP) is 3.47. The quantitative estimate of drug-likeness (QED) is 0.420. The van der Waals surface area contributed by atoms with Crippen molar-refractivity contribution >= 4 is 35.2 Å². The van der Waals surface area contributed by atoms with E-state index in [9.17, 15) is 14.0 Å². The van der Waals surface area contributed by atoms with Crippen LogP contribution in [-0.2, 0) is 10.2 Å². The van der Waals surface area contributed by atoms with Crippen LogP contribution in [0.15, 0.2) is 54.6 Å². The molecule has 3 N–H and O–H groups in total. The lowest BCUT2D eigenvalue weighted by molar-refractivity contribution is -0.115. The minimum atomic E-state index is -0.481. The maximum atomic E-state index is 12.8. The zero-order chi connectivity index (χ0) is 20.7. The summed E-state index contributed by atoms with van der Waals surface area (Å²) >= 11 is 4.97. The van der Waals surface area contributed by atoms with E-state index in [0.29, 0.717) is 11.1 Å². The summed E-state index contributed by atoms with van der Waals surface area (Å²) in [5.41, 5.74) is 7.16. The van der Waals surface area contributed by atoms with E-state index in [4.69, 9.17) is 12.2 Å². The zero-order valence-electron chi connectivity index (χ0n) is 15.9. The maximum absolute atomic E-state index is 12.8. The summed E-state index contributed by atoms with van der Waals surface area (Å²) in [4.78, 5) is 24.0. The molecule has 5 nitrogen and oxygen atoms in total. The third kappa shape index (κ3) is 6.59. The van der Waals surface area contributed by atoms with Crippen molar-refractivity contribution in [1.82, 2.24) is 16.2 Å². The summed E-state index contributed by atoms with van der Waals surface area (Å²) in [5.74, 6) is -1.21. The van der Waals surface area contributed by atoms with Crippen LogP contribution in [-0.4, -0.2) is 16.9 Å². The van der Waals surface area contributed by atoms with Gasteiger partial charge in [-0.3, -0.25) is 25.8 Å². The van der Waals surface area contributed by atoms with E-state index >= 15 is 0 Å². The first kappa shape index (κ1) is 21.2. The average Bonchev–Trinajstić information content (AvgIpc) is 2.65. The van der Waals surface area contributed by atoms with Crippen molar-refractivity contribution in [1.29, 1.82) is 0 Å². The molecule has 28 heavy (non-hydrogen) atoms. The molecule has 0 aliphatic rings. The Morgan fingerprint density at radius 1 is 0.964 bits per heavy atom. The molecule has 2 aromatic rings. The summed E-state index contributed by atoms with van der Waals surface area (Å²) in [5, 5.41) is 2.36. The van der Waals surface area contributed by atoms with Gasteiger partial charge in [0.05, 0.1) is 0 Å². The first-order valence-corrected chi connectivity index (χ1v) is 9.01. The first-order chi connectivity index (χ1) is 13.1. The fraction of sp³-hybridized carbons (Fsp3) is 0.190. The second-order valence-corrected chi connectivity index (χ2v) is 7.52. The van der Waals surface area contributed by atoms with Gasteiger partial charge in [0.15, 0.2) is 5.11 Å². The first-order valence-electron chi connectivity index (χ1n) is 8.60. The van der Waals surface area contributed by atoms with Crippen LogP contribution in [0, 0.1) is 5.82 Å². The largest absolute Gasteiger partial charge is 0.298 e.